The van der Waals surface area contributed by atoms with Gasteiger partial charge in [0.05, 0.1) is 0 Å². The van der Waals surface area contributed by atoms with Crippen molar-refractivity contribution < 1.29 is 13.9 Å². The van der Waals surface area contributed by atoms with Crippen LogP contribution < -0.4 is 4.74 Å². The zero-order valence-electron chi connectivity index (χ0n) is 12.0. The molecule has 0 saturated carbocycles. The lowest BCUT2D eigenvalue weighted by Gasteiger charge is -2.36. The number of carbonyl (C=O) groups excluding carboxylic acids is 1. The Morgan fingerprint density at radius 2 is 1.80 bits per heavy atom. The Morgan fingerprint density at radius 3 is 2.35 bits per heavy atom. The minimum Gasteiger partial charge on any atom is -0.484 e. The van der Waals surface area contributed by atoms with Crippen LogP contribution in [0.15, 0.2) is 24.3 Å². The maximum atomic E-state index is 12.7. The monoisotopic (exact) mass is 280 g/mol. The Labute approximate surface area is 119 Å². The molecule has 0 aliphatic carbocycles. The number of halogens is 1. The lowest BCUT2D eigenvalue weighted by Crippen LogP contribution is -2.51. The SMILES string of the molecule is CC(C)N1CCN(C(=O)COc2ccc(F)cc2)CC1. The van der Waals surface area contributed by atoms with Gasteiger partial charge in [0.1, 0.15) is 11.6 Å². The first-order chi connectivity index (χ1) is 9.56. The smallest absolute Gasteiger partial charge is 0.260 e. The van der Waals surface area contributed by atoms with Gasteiger partial charge in [-0.3, -0.25) is 9.69 Å². The normalized spacial score (nSPS) is 16.5. The molecule has 20 heavy (non-hydrogen) atoms. The van der Waals surface area contributed by atoms with Gasteiger partial charge in [-0.2, -0.15) is 0 Å². The second kappa shape index (κ2) is 6.70. The average Bonchev–Trinajstić information content (AvgIpc) is 2.46. The third kappa shape index (κ3) is 3.93. The molecule has 0 atom stereocenters. The topological polar surface area (TPSA) is 32.8 Å². The van der Waals surface area contributed by atoms with Gasteiger partial charge in [0, 0.05) is 32.2 Å². The second-order valence-corrected chi connectivity index (χ2v) is 5.25. The van der Waals surface area contributed by atoms with Crippen LogP contribution in [0.5, 0.6) is 5.75 Å². The van der Waals surface area contributed by atoms with Crippen molar-refractivity contribution in [2.24, 2.45) is 0 Å². The number of rotatable bonds is 4. The van der Waals surface area contributed by atoms with Gasteiger partial charge >= 0.3 is 0 Å². The highest BCUT2D eigenvalue weighted by Gasteiger charge is 2.22. The molecule has 1 amide bonds. The molecule has 1 aromatic rings. The quantitative estimate of drug-likeness (QED) is 0.842. The van der Waals surface area contributed by atoms with Crippen molar-refractivity contribution in [3.05, 3.63) is 30.1 Å². The summed E-state index contributed by atoms with van der Waals surface area (Å²) in [7, 11) is 0. The van der Waals surface area contributed by atoms with Crippen LogP contribution in [0.4, 0.5) is 4.39 Å². The first-order valence-electron chi connectivity index (χ1n) is 6.96. The van der Waals surface area contributed by atoms with E-state index in [1.165, 1.54) is 24.3 Å². The number of benzene rings is 1. The molecule has 1 saturated heterocycles. The second-order valence-electron chi connectivity index (χ2n) is 5.25. The first-order valence-corrected chi connectivity index (χ1v) is 6.96. The molecule has 1 aromatic carbocycles. The van der Waals surface area contributed by atoms with Gasteiger partial charge < -0.3 is 9.64 Å². The standard InChI is InChI=1S/C15H21FN2O2/c1-12(2)17-7-9-18(10-8-17)15(19)11-20-14-5-3-13(16)4-6-14/h3-6,12H,7-11H2,1-2H3. The molecule has 110 valence electrons. The molecule has 0 bridgehead atoms. The van der Waals surface area contributed by atoms with Crippen LogP contribution in [0.3, 0.4) is 0 Å². The van der Waals surface area contributed by atoms with Gasteiger partial charge in [-0.15, -0.1) is 0 Å². The van der Waals surface area contributed by atoms with Crippen LogP contribution in [-0.2, 0) is 4.79 Å². The van der Waals surface area contributed by atoms with Gasteiger partial charge in [-0.05, 0) is 38.1 Å². The van der Waals surface area contributed by atoms with Crippen molar-refractivity contribution in [1.82, 2.24) is 9.80 Å². The summed E-state index contributed by atoms with van der Waals surface area (Å²) in [6, 6.07) is 6.21. The number of hydrogen-bond donors (Lipinski definition) is 0. The number of carbonyl (C=O) groups is 1. The fourth-order valence-electron chi connectivity index (χ4n) is 2.25. The van der Waals surface area contributed by atoms with Gasteiger partial charge in [-0.1, -0.05) is 0 Å². The van der Waals surface area contributed by atoms with Crippen molar-refractivity contribution in [2.45, 2.75) is 19.9 Å². The Bertz CT molecular complexity index is 440. The summed E-state index contributed by atoms with van der Waals surface area (Å²) in [5.41, 5.74) is 0. The van der Waals surface area contributed by atoms with E-state index >= 15 is 0 Å². The van der Waals surface area contributed by atoms with E-state index in [1.807, 2.05) is 4.90 Å². The predicted molar refractivity (Wildman–Crippen MR) is 75.2 cm³/mol. The molecule has 0 aromatic heterocycles. The summed E-state index contributed by atoms with van der Waals surface area (Å²) >= 11 is 0. The Balaban J connectivity index is 1.77. The summed E-state index contributed by atoms with van der Waals surface area (Å²) in [6.07, 6.45) is 0. The fourth-order valence-corrected chi connectivity index (χ4v) is 2.25. The number of ether oxygens (including phenoxy) is 1. The molecule has 1 aliphatic rings. The number of nitrogens with zero attached hydrogens (tertiary/aromatic N) is 2. The van der Waals surface area contributed by atoms with Gasteiger partial charge in [0.2, 0.25) is 0 Å². The van der Waals surface area contributed by atoms with Crippen molar-refractivity contribution in [3.63, 3.8) is 0 Å². The zero-order valence-corrected chi connectivity index (χ0v) is 12.0. The maximum absolute atomic E-state index is 12.7. The minimum absolute atomic E-state index is 0.00725. The summed E-state index contributed by atoms with van der Waals surface area (Å²) in [5.74, 6) is 0.187. The van der Waals surface area contributed by atoms with Crippen LogP contribution in [0.1, 0.15) is 13.8 Å². The van der Waals surface area contributed by atoms with E-state index in [0.717, 1.165) is 26.2 Å². The van der Waals surface area contributed by atoms with Crippen LogP contribution in [0, 0.1) is 5.82 Å². The van der Waals surface area contributed by atoms with E-state index in [9.17, 15) is 9.18 Å². The number of amides is 1. The predicted octanol–water partition coefficient (Wildman–Crippen LogP) is 1.76. The van der Waals surface area contributed by atoms with Crippen molar-refractivity contribution >= 4 is 5.91 Å². The Morgan fingerprint density at radius 1 is 1.20 bits per heavy atom. The summed E-state index contributed by atoms with van der Waals surface area (Å²) < 4.78 is 18.1. The highest BCUT2D eigenvalue weighted by molar-refractivity contribution is 5.77. The van der Waals surface area contributed by atoms with E-state index in [2.05, 4.69) is 18.7 Å². The van der Waals surface area contributed by atoms with Gasteiger partial charge in [0.15, 0.2) is 6.61 Å². The highest BCUT2D eigenvalue weighted by atomic mass is 19.1. The molecule has 0 spiro atoms. The van der Waals surface area contributed by atoms with Crippen LogP contribution >= 0.6 is 0 Å². The molecule has 0 N–H and O–H groups in total. The van der Waals surface area contributed by atoms with Crippen molar-refractivity contribution in [1.29, 1.82) is 0 Å². The number of hydrogen-bond acceptors (Lipinski definition) is 3. The molecule has 5 heteroatoms. The van der Waals surface area contributed by atoms with E-state index in [-0.39, 0.29) is 18.3 Å². The fraction of sp³-hybridized carbons (Fsp3) is 0.533. The molecule has 0 unspecified atom stereocenters. The van der Waals surface area contributed by atoms with Gasteiger partial charge in [-0.25, -0.2) is 4.39 Å². The van der Waals surface area contributed by atoms with Crippen molar-refractivity contribution in [3.8, 4) is 5.75 Å². The summed E-state index contributed by atoms with van der Waals surface area (Å²) in [6.45, 7) is 7.62. The van der Waals surface area contributed by atoms with Crippen LogP contribution in [0.25, 0.3) is 0 Å². The van der Waals surface area contributed by atoms with Crippen LogP contribution in [-0.4, -0.2) is 54.5 Å². The largest absolute Gasteiger partial charge is 0.484 e. The maximum Gasteiger partial charge on any atom is 0.260 e. The molecular weight excluding hydrogens is 259 g/mol. The van der Waals surface area contributed by atoms with Crippen molar-refractivity contribution in [2.75, 3.05) is 32.8 Å². The summed E-state index contributed by atoms with van der Waals surface area (Å²) in [4.78, 5) is 16.2. The molecular formula is C15H21FN2O2. The molecule has 4 nitrogen and oxygen atoms in total. The highest BCUT2D eigenvalue weighted by Crippen LogP contribution is 2.12. The third-order valence-corrected chi connectivity index (χ3v) is 3.57. The summed E-state index contributed by atoms with van der Waals surface area (Å²) in [5, 5.41) is 0. The van der Waals surface area contributed by atoms with Gasteiger partial charge in [0.25, 0.3) is 5.91 Å². The molecule has 1 heterocycles. The lowest BCUT2D eigenvalue weighted by atomic mass is 10.2. The third-order valence-electron chi connectivity index (χ3n) is 3.57. The van der Waals surface area contributed by atoms with E-state index in [4.69, 9.17) is 4.74 Å². The minimum atomic E-state index is -0.312. The Kier molecular flexibility index (Phi) is 4.95. The van der Waals surface area contributed by atoms with E-state index in [1.54, 1.807) is 0 Å². The first kappa shape index (κ1) is 14.8. The number of piperazine rings is 1. The lowest BCUT2D eigenvalue weighted by molar-refractivity contribution is -0.135. The zero-order chi connectivity index (χ0) is 14.5. The Hall–Kier alpha value is -1.62. The molecule has 1 fully saturated rings. The van der Waals surface area contributed by atoms with E-state index < -0.39 is 0 Å². The van der Waals surface area contributed by atoms with Crippen LogP contribution in [0.2, 0.25) is 0 Å². The molecule has 1 aliphatic heterocycles. The average molecular weight is 280 g/mol. The molecule has 2 rings (SSSR count). The van der Waals surface area contributed by atoms with E-state index in [0.29, 0.717) is 11.8 Å². The molecule has 0 radical (unpaired) electrons.